The number of rotatable bonds is 8. The summed E-state index contributed by atoms with van der Waals surface area (Å²) in [6.07, 6.45) is -4.52. The van der Waals surface area contributed by atoms with E-state index in [-0.39, 0.29) is 13.2 Å². The molecule has 1 rings (SSSR count). The molecule has 1 aromatic carbocycles. The van der Waals surface area contributed by atoms with Gasteiger partial charge >= 0.3 is 6.18 Å². The zero-order chi connectivity index (χ0) is 14.1. The highest BCUT2D eigenvalue weighted by Crippen LogP contribution is 2.19. The van der Waals surface area contributed by atoms with Gasteiger partial charge in [0.2, 0.25) is 0 Å². The lowest BCUT2D eigenvalue weighted by molar-refractivity contribution is -0.145. The molecule has 1 aromatic rings. The topological polar surface area (TPSA) is 44.5 Å². The molecule has 0 atom stereocenters. The van der Waals surface area contributed by atoms with Crippen molar-refractivity contribution in [1.82, 2.24) is 0 Å². The highest BCUT2D eigenvalue weighted by Gasteiger charge is 2.26. The van der Waals surface area contributed by atoms with Crippen LogP contribution in [0.25, 0.3) is 0 Å². The molecule has 0 aliphatic heterocycles. The van der Waals surface area contributed by atoms with E-state index in [1.54, 1.807) is 0 Å². The van der Waals surface area contributed by atoms with Crippen LogP contribution in [0.4, 0.5) is 13.2 Å². The zero-order valence-electron chi connectivity index (χ0n) is 10.6. The van der Waals surface area contributed by atoms with E-state index in [2.05, 4.69) is 0 Å². The summed E-state index contributed by atoms with van der Waals surface area (Å²) < 4.78 is 45.7. The van der Waals surface area contributed by atoms with Gasteiger partial charge in [-0.05, 0) is 17.7 Å². The van der Waals surface area contributed by atoms with Gasteiger partial charge in [-0.2, -0.15) is 13.2 Å². The van der Waals surface area contributed by atoms with Crippen LogP contribution < -0.4 is 10.5 Å². The Morgan fingerprint density at radius 2 is 1.89 bits per heavy atom. The Labute approximate surface area is 110 Å². The molecule has 3 nitrogen and oxygen atoms in total. The van der Waals surface area contributed by atoms with E-state index < -0.39 is 12.6 Å². The van der Waals surface area contributed by atoms with Crippen molar-refractivity contribution < 1.29 is 22.6 Å². The van der Waals surface area contributed by atoms with Gasteiger partial charge in [0.15, 0.2) is 0 Å². The van der Waals surface area contributed by atoms with Crippen molar-refractivity contribution in [3.05, 3.63) is 29.8 Å². The van der Waals surface area contributed by atoms with Crippen LogP contribution in [-0.2, 0) is 11.3 Å². The van der Waals surface area contributed by atoms with Crippen molar-refractivity contribution in [1.29, 1.82) is 0 Å². The van der Waals surface area contributed by atoms with Gasteiger partial charge in [-0.15, -0.1) is 0 Å². The van der Waals surface area contributed by atoms with Crippen LogP contribution in [0.2, 0.25) is 0 Å². The molecule has 0 amide bonds. The number of benzene rings is 1. The number of hydrogen-bond donors (Lipinski definition) is 1. The molecule has 0 unspecified atom stereocenters. The largest absolute Gasteiger partial charge is 0.493 e. The quantitative estimate of drug-likeness (QED) is 0.743. The maximum Gasteiger partial charge on any atom is 0.391 e. The van der Waals surface area contributed by atoms with Crippen LogP contribution in [-0.4, -0.2) is 26.0 Å². The third kappa shape index (κ3) is 7.69. The Hall–Kier alpha value is -1.27. The molecule has 0 saturated carbocycles. The minimum absolute atomic E-state index is 0.257. The first-order valence-electron chi connectivity index (χ1n) is 6.07. The Kier molecular flexibility index (Phi) is 6.66. The van der Waals surface area contributed by atoms with Crippen LogP contribution in [0.15, 0.2) is 24.3 Å². The van der Waals surface area contributed by atoms with Crippen molar-refractivity contribution in [2.24, 2.45) is 5.73 Å². The molecule has 0 aliphatic rings. The van der Waals surface area contributed by atoms with Crippen LogP contribution >= 0.6 is 0 Å². The fourth-order valence-corrected chi connectivity index (χ4v) is 1.40. The van der Waals surface area contributed by atoms with Crippen LogP contribution in [0.1, 0.15) is 18.4 Å². The second-order valence-corrected chi connectivity index (χ2v) is 4.03. The summed E-state index contributed by atoms with van der Waals surface area (Å²) >= 11 is 0. The monoisotopic (exact) mass is 277 g/mol. The van der Waals surface area contributed by atoms with Gasteiger partial charge in [-0.25, -0.2) is 0 Å². The third-order valence-electron chi connectivity index (χ3n) is 2.37. The second kappa shape index (κ2) is 8.01. The summed E-state index contributed by atoms with van der Waals surface area (Å²) in [7, 11) is 0. The van der Waals surface area contributed by atoms with Crippen molar-refractivity contribution >= 4 is 0 Å². The molecule has 2 N–H and O–H groups in total. The van der Waals surface area contributed by atoms with Crippen molar-refractivity contribution in [3.8, 4) is 5.75 Å². The van der Waals surface area contributed by atoms with Gasteiger partial charge in [0.25, 0.3) is 0 Å². The molecule has 0 radical (unpaired) electrons. The molecule has 0 spiro atoms. The Bertz CT molecular complexity index is 369. The van der Waals surface area contributed by atoms with E-state index >= 15 is 0 Å². The van der Waals surface area contributed by atoms with E-state index in [1.807, 2.05) is 24.3 Å². The van der Waals surface area contributed by atoms with Crippen LogP contribution in [0.3, 0.4) is 0 Å². The van der Waals surface area contributed by atoms with Gasteiger partial charge in [-0.3, -0.25) is 0 Å². The lowest BCUT2D eigenvalue weighted by Crippen LogP contribution is -2.12. The van der Waals surface area contributed by atoms with E-state index in [9.17, 15) is 13.2 Å². The van der Waals surface area contributed by atoms with Gasteiger partial charge in [0, 0.05) is 19.6 Å². The summed E-state index contributed by atoms with van der Waals surface area (Å²) in [5.41, 5.74) is 6.47. The van der Waals surface area contributed by atoms with Crippen LogP contribution in [0, 0.1) is 0 Å². The van der Waals surface area contributed by atoms with Gasteiger partial charge < -0.3 is 15.2 Å². The summed E-state index contributed by atoms with van der Waals surface area (Å²) in [5.74, 6) is 0.707. The van der Waals surface area contributed by atoms with Crippen LogP contribution in [0.5, 0.6) is 5.75 Å². The van der Waals surface area contributed by atoms with E-state index in [0.29, 0.717) is 25.3 Å². The SMILES string of the molecule is NCc1cccc(OCCCOCCC(F)(F)F)c1. The number of nitrogens with two attached hydrogens (primary N) is 1. The lowest BCUT2D eigenvalue weighted by atomic mass is 10.2. The fourth-order valence-electron chi connectivity index (χ4n) is 1.40. The van der Waals surface area contributed by atoms with Crippen molar-refractivity contribution in [3.63, 3.8) is 0 Å². The number of ether oxygens (including phenoxy) is 2. The van der Waals surface area contributed by atoms with Gasteiger partial charge in [0.1, 0.15) is 5.75 Å². The standard InChI is InChI=1S/C13H18F3NO2/c14-13(15,16)5-8-18-6-2-7-19-12-4-1-3-11(9-12)10-17/h1,3-4,9H,2,5-8,10,17H2. The normalized spacial score (nSPS) is 11.6. The number of alkyl halides is 3. The third-order valence-corrected chi connectivity index (χ3v) is 2.37. The molecule has 19 heavy (non-hydrogen) atoms. The number of hydrogen-bond acceptors (Lipinski definition) is 3. The number of halogens is 3. The van der Waals surface area contributed by atoms with E-state index in [1.165, 1.54) is 0 Å². The molecule has 0 bridgehead atoms. The molecular weight excluding hydrogens is 259 g/mol. The zero-order valence-corrected chi connectivity index (χ0v) is 10.6. The summed E-state index contributed by atoms with van der Waals surface area (Å²) in [5, 5.41) is 0. The highest BCUT2D eigenvalue weighted by atomic mass is 19.4. The van der Waals surface area contributed by atoms with Gasteiger partial charge in [0.05, 0.1) is 19.6 Å². The first-order valence-corrected chi connectivity index (χ1v) is 6.07. The smallest absolute Gasteiger partial charge is 0.391 e. The molecule has 0 aliphatic carbocycles. The Morgan fingerprint density at radius 3 is 2.58 bits per heavy atom. The first-order chi connectivity index (χ1) is 9.01. The Balaban J connectivity index is 2.07. The maximum absolute atomic E-state index is 11.8. The molecule has 0 fully saturated rings. The van der Waals surface area contributed by atoms with Crippen molar-refractivity contribution in [2.45, 2.75) is 25.6 Å². The minimum atomic E-state index is -4.15. The summed E-state index contributed by atoms with van der Waals surface area (Å²) in [6.45, 7) is 0.802. The molecule has 0 heterocycles. The average molecular weight is 277 g/mol. The average Bonchev–Trinajstić information content (AvgIpc) is 2.36. The minimum Gasteiger partial charge on any atom is -0.493 e. The van der Waals surface area contributed by atoms with E-state index in [4.69, 9.17) is 15.2 Å². The molecular formula is C13H18F3NO2. The lowest BCUT2D eigenvalue weighted by Gasteiger charge is -2.09. The first kappa shape index (κ1) is 15.8. The van der Waals surface area contributed by atoms with Gasteiger partial charge in [-0.1, -0.05) is 12.1 Å². The molecule has 6 heteroatoms. The van der Waals surface area contributed by atoms with E-state index in [0.717, 1.165) is 5.56 Å². The fraction of sp³-hybridized carbons (Fsp3) is 0.538. The molecule has 0 aromatic heterocycles. The highest BCUT2D eigenvalue weighted by molar-refractivity contribution is 5.28. The maximum atomic E-state index is 11.8. The molecule has 108 valence electrons. The van der Waals surface area contributed by atoms with Crippen molar-refractivity contribution in [2.75, 3.05) is 19.8 Å². The molecule has 0 saturated heterocycles. The predicted octanol–water partition coefficient (Wildman–Crippen LogP) is 2.88. The summed E-state index contributed by atoms with van der Waals surface area (Å²) in [6, 6.07) is 7.39. The second-order valence-electron chi connectivity index (χ2n) is 4.03. The Morgan fingerprint density at radius 1 is 1.11 bits per heavy atom. The summed E-state index contributed by atoms with van der Waals surface area (Å²) in [4.78, 5) is 0. The predicted molar refractivity (Wildman–Crippen MR) is 65.9 cm³/mol.